The van der Waals surface area contributed by atoms with Crippen LogP contribution in [0, 0.1) is 0 Å². The zero-order chi connectivity index (χ0) is 13.0. The highest BCUT2D eigenvalue weighted by Gasteiger charge is 2.26. The summed E-state index contributed by atoms with van der Waals surface area (Å²) in [6.07, 6.45) is 0.715. The van der Waals surface area contributed by atoms with Crippen LogP contribution in [0.4, 0.5) is 0 Å². The highest BCUT2D eigenvalue weighted by molar-refractivity contribution is 5.81. The van der Waals surface area contributed by atoms with Crippen molar-refractivity contribution in [2.45, 2.75) is 32.0 Å². The molecule has 0 aromatic heterocycles. The molecule has 2 rings (SSSR count). The maximum absolute atomic E-state index is 12.1. The zero-order valence-electron chi connectivity index (χ0n) is 10.6. The van der Waals surface area contributed by atoms with E-state index in [-0.39, 0.29) is 5.91 Å². The van der Waals surface area contributed by atoms with Crippen LogP contribution in [0.15, 0.2) is 30.3 Å². The monoisotopic (exact) mass is 249 g/mol. The van der Waals surface area contributed by atoms with Crippen molar-refractivity contribution in [3.63, 3.8) is 0 Å². The number of piperidine rings is 1. The summed E-state index contributed by atoms with van der Waals surface area (Å²) in [7, 11) is 0. The Hall–Kier alpha value is -1.55. The molecule has 1 amide bonds. The summed E-state index contributed by atoms with van der Waals surface area (Å²) in [5, 5.41) is 9.57. The van der Waals surface area contributed by atoms with E-state index >= 15 is 0 Å². The summed E-state index contributed by atoms with van der Waals surface area (Å²) in [6, 6.07) is 9.30. The topological polar surface area (TPSA) is 49.8 Å². The number of ether oxygens (including phenoxy) is 1. The van der Waals surface area contributed by atoms with E-state index in [1.807, 2.05) is 30.3 Å². The Balaban J connectivity index is 1.92. The van der Waals surface area contributed by atoms with Crippen LogP contribution in [0.1, 0.15) is 19.8 Å². The number of carbonyl (C=O) groups excluding carboxylic acids is 1. The van der Waals surface area contributed by atoms with Crippen LogP contribution in [-0.4, -0.2) is 41.2 Å². The number of hydrogen-bond donors (Lipinski definition) is 1. The van der Waals surface area contributed by atoms with Gasteiger partial charge in [-0.25, -0.2) is 0 Å². The standard InChI is InChI=1S/C14H19NO3/c1-11(18-13-7-3-2-4-8-13)14(17)15-9-5-6-12(16)10-15/h2-4,7-8,11-12,16H,5-6,9-10H2,1H3/t11?,12-/m0/s1. The molecular formula is C14H19NO3. The van der Waals surface area contributed by atoms with E-state index in [2.05, 4.69) is 0 Å². The van der Waals surface area contributed by atoms with E-state index < -0.39 is 12.2 Å². The van der Waals surface area contributed by atoms with E-state index in [9.17, 15) is 9.90 Å². The van der Waals surface area contributed by atoms with Gasteiger partial charge < -0.3 is 14.7 Å². The largest absolute Gasteiger partial charge is 0.481 e. The van der Waals surface area contributed by atoms with Crippen LogP contribution in [-0.2, 0) is 4.79 Å². The molecule has 2 atom stereocenters. The molecule has 0 radical (unpaired) electrons. The van der Waals surface area contributed by atoms with Gasteiger partial charge in [0, 0.05) is 13.1 Å². The Bertz CT molecular complexity index is 393. The number of nitrogens with zero attached hydrogens (tertiary/aromatic N) is 1. The molecule has 1 heterocycles. The van der Waals surface area contributed by atoms with Gasteiger partial charge in [-0.05, 0) is 31.9 Å². The first kappa shape index (κ1) is 12.9. The molecule has 1 fully saturated rings. The molecule has 18 heavy (non-hydrogen) atoms. The van der Waals surface area contributed by atoms with Gasteiger partial charge in [-0.15, -0.1) is 0 Å². The number of benzene rings is 1. The van der Waals surface area contributed by atoms with Crippen LogP contribution in [0.3, 0.4) is 0 Å². The molecule has 1 N–H and O–H groups in total. The Labute approximate surface area is 107 Å². The van der Waals surface area contributed by atoms with E-state index in [0.29, 0.717) is 18.8 Å². The van der Waals surface area contributed by atoms with E-state index in [1.54, 1.807) is 11.8 Å². The van der Waals surface area contributed by atoms with E-state index in [0.717, 1.165) is 12.8 Å². The fraction of sp³-hybridized carbons (Fsp3) is 0.500. The Kier molecular flexibility index (Phi) is 4.20. The van der Waals surface area contributed by atoms with Gasteiger partial charge in [0.2, 0.25) is 0 Å². The zero-order valence-corrected chi connectivity index (χ0v) is 10.6. The van der Waals surface area contributed by atoms with Gasteiger partial charge in [0.1, 0.15) is 5.75 Å². The van der Waals surface area contributed by atoms with Crippen molar-refractivity contribution >= 4 is 5.91 Å². The summed E-state index contributed by atoms with van der Waals surface area (Å²) < 4.78 is 5.59. The normalized spacial score (nSPS) is 21.4. The molecular weight excluding hydrogens is 230 g/mol. The quantitative estimate of drug-likeness (QED) is 0.881. The molecule has 0 aliphatic carbocycles. The second-order valence-electron chi connectivity index (χ2n) is 4.65. The van der Waals surface area contributed by atoms with Gasteiger partial charge in [0.25, 0.3) is 5.91 Å². The lowest BCUT2D eigenvalue weighted by molar-refractivity contribution is -0.141. The highest BCUT2D eigenvalue weighted by atomic mass is 16.5. The van der Waals surface area contributed by atoms with Gasteiger partial charge in [-0.2, -0.15) is 0 Å². The number of carbonyl (C=O) groups is 1. The lowest BCUT2D eigenvalue weighted by atomic mass is 10.1. The molecule has 0 spiro atoms. The Morgan fingerprint density at radius 1 is 1.44 bits per heavy atom. The van der Waals surface area contributed by atoms with Crippen molar-refractivity contribution in [3.05, 3.63) is 30.3 Å². The minimum Gasteiger partial charge on any atom is -0.481 e. The minimum atomic E-state index is -0.516. The predicted octanol–water partition coefficient (Wildman–Crippen LogP) is 1.44. The molecule has 1 unspecified atom stereocenters. The molecule has 1 aromatic carbocycles. The third-order valence-electron chi connectivity index (χ3n) is 3.11. The first-order valence-corrected chi connectivity index (χ1v) is 6.35. The van der Waals surface area contributed by atoms with Gasteiger partial charge in [-0.3, -0.25) is 4.79 Å². The van der Waals surface area contributed by atoms with Gasteiger partial charge >= 0.3 is 0 Å². The van der Waals surface area contributed by atoms with Gasteiger partial charge in [-0.1, -0.05) is 18.2 Å². The average Bonchev–Trinajstić information content (AvgIpc) is 2.39. The maximum atomic E-state index is 12.1. The molecule has 0 saturated carbocycles. The third kappa shape index (κ3) is 3.23. The lowest BCUT2D eigenvalue weighted by Gasteiger charge is -2.32. The van der Waals surface area contributed by atoms with Crippen molar-refractivity contribution < 1.29 is 14.6 Å². The average molecular weight is 249 g/mol. The number of β-amino-alcohol motifs (C(OH)–C–C–N with tert-alkyl or cyclic N) is 1. The minimum absolute atomic E-state index is 0.0578. The van der Waals surface area contributed by atoms with E-state index in [4.69, 9.17) is 4.74 Å². The molecule has 0 bridgehead atoms. The molecule has 1 aromatic rings. The van der Waals surface area contributed by atoms with Crippen LogP contribution in [0.5, 0.6) is 5.75 Å². The second kappa shape index (κ2) is 5.87. The third-order valence-corrected chi connectivity index (χ3v) is 3.11. The first-order chi connectivity index (χ1) is 8.66. The van der Waals surface area contributed by atoms with Crippen molar-refractivity contribution in [1.82, 2.24) is 4.90 Å². The molecule has 1 aliphatic heterocycles. The number of aliphatic hydroxyl groups is 1. The van der Waals surface area contributed by atoms with Gasteiger partial charge in [0.05, 0.1) is 6.10 Å². The molecule has 4 heteroatoms. The van der Waals surface area contributed by atoms with Crippen molar-refractivity contribution in [2.75, 3.05) is 13.1 Å². The predicted molar refractivity (Wildman–Crippen MR) is 68.4 cm³/mol. The number of para-hydroxylation sites is 1. The number of aliphatic hydroxyl groups excluding tert-OH is 1. The number of likely N-dealkylation sites (tertiary alicyclic amines) is 1. The highest BCUT2D eigenvalue weighted by Crippen LogP contribution is 2.15. The summed E-state index contributed by atoms with van der Waals surface area (Å²) in [5.74, 6) is 0.633. The fourth-order valence-corrected chi connectivity index (χ4v) is 2.17. The fourth-order valence-electron chi connectivity index (χ4n) is 2.17. The Morgan fingerprint density at radius 3 is 2.83 bits per heavy atom. The van der Waals surface area contributed by atoms with Crippen molar-refractivity contribution in [1.29, 1.82) is 0 Å². The first-order valence-electron chi connectivity index (χ1n) is 6.35. The summed E-state index contributed by atoms with van der Waals surface area (Å²) >= 11 is 0. The number of hydrogen-bond acceptors (Lipinski definition) is 3. The summed E-state index contributed by atoms with van der Waals surface area (Å²) in [6.45, 7) is 2.87. The van der Waals surface area contributed by atoms with Crippen LogP contribution < -0.4 is 4.74 Å². The molecule has 98 valence electrons. The Morgan fingerprint density at radius 2 is 2.17 bits per heavy atom. The lowest BCUT2D eigenvalue weighted by Crippen LogP contribution is -2.47. The number of rotatable bonds is 3. The SMILES string of the molecule is CC(Oc1ccccc1)C(=O)N1CCC[C@H](O)C1. The second-order valence-corrected chi connectivity index (χ2v) is 4.65. The van der Waals surface area contributed by atoms with Crippen molar-refractivity contribution in [3.8, 4) is 5.75 Å². The maximum Gasteiger partial charge on any atom is 0.263 e. The smallest absolute Gasteiger partial charge is 0.263 e. The van der Waals surface area contributed by atoms with Crippen LogP contribution in [0.2, 0.25) is 0 Å². The molecule has 4 nitrogen and oxygen atoms in total. The summed E-state index contributed by atoms with van der Waals surface area (Å²) in [5.41, 5.74) is 0. The number of amides is 1. The summed E-state index contributed by atoms with van der Waals surface area (Å²) in [4.78, 5) is 13.8. The van der Waals surface area contributed by atoms with E-state index in [1.165, 1.54) is 0 Å². The van der Waals surface area contributed by atoms with Crippen molar-refractivity contribution in [2.24, 2.45) is 0 Å². The molecule has 1 aliphatic rings. The molecule has 1 saturated heterocycles. The van der Waals surface area contributed by atoms with Crippen LogP contribution in [0.25, 0.3) is 0 Å². The van der Waals surface area contributed by atoms with Crippen LogP contribution >= 0.6 is 0 Å². The van der Waals surface area contributed by atoms with Gasteiger partial charge in [0.15, 0.2) is 6.10 Å².